The van der Waals surface area contributed by atoms with Crippen LogP contribution in [0, 0.1) is 6.92 Å². The van der Waals surface area contributed by atoms with E-state index in [-0.39, 0.29) is 0 Å². The van der Waals surface area contributed by atoms with E-state index in [9.17, 15) is 0 Å². The van der Waals surface area contributed by atoms with Gasteiger partial charge in [0.15, 0.2) is 0 Å². The van der Waals surface area contributed by atoms with Crippen LogP contribution in [0.2, 0.25) is 0 Å². The Morgan fingerprint density at radius 1 is 1.37 bits per heavy atom. The molecule has 0 spiro atoms. The molecule has 0 bridgehead atoms. The molecule has 0 saturated heterocycles. The van der Waals surface area contributed by atoms with Crippen LogP contribution in [0.5, 0.6) is 0 Å². The lowest BCUT2D eigenvalue weighted by Gasteiger charge is -2.33. The molecule has 2 aromatic rings. The highest BCUT2D eigenvalue weighted by molar-refractivity contribution is 9.10. The third-order valence-corrected chi connectivity index (χ3v) is 4.80. The molecule has 5 nitrogen and oxygen atoms in total. The van der Waals surface area contributed by atoms with Gasteiger partial charge in [-0.25, -0.2) is 4.98 Å². The van der Waals surface area contributed by atoms with E-state index in [0.717, 1.165) is 42.3 Å². The standard InChI is InChI=1S/C13H18BrN5/c1-10-12(14)19-9-7-17(11(2)13(19)16-10)6-8-18-5-3-4-15-18/h3-5,11H,6-9H2,1-2H3. The Kier molecular flexibility index (Phi) is 3.45. The smallest absolute Gasteiger partial charge is 0.127 e. The molecule has 3 rings (SSSR count). The average Bonchev–Trinajstić information content (AvgIpc) is 3.00. The van der Waals surface area contributed by atoms with Crippen molar-refractivity contribution in [3.8, 4) is 0 Å². The largest absolute Gasteiger partial charge is 0.320 e. The van der Waals surface area contributed by atoms with Crippen LogP contribution in [0.25, 0.3) is 0 Å². The maximum absolute atomic E-state index is 4.68. The molecular weight excluding hydrogens is 306 g/mol. The van der Waals surface area contributed by atoms with E-state index in [4.69, 9.17) is 0 Å². The van der Waals surface area contributed by atoms with Gasteiger partial charge in [-0.05, 0) is 35.8 Å². The Bertz CT molecular complexity index is 560. The molecule has 0 N–H and O–H groups in total. The molecule has 0 aliphatic carbocycles. The number of aryl methyl sites for hydroxylation is 1. The predicted octanol–water partition coefficient (Wildman–Crippen LogP) is 2.23. The highest BCUT2D eigenvalue weighted by Crippen LogP contribution is 2.29. The van der Waals surface area contributed by atoms with Gasteiger partial charge in [-0.15, -0.1) is 0 Å². The first-order chi connectivity index (χ1) is 9.16. The van der Waals surface area contributed by atoms with E-state index < -0.39 is 0 Å². The number of aromatic nitrogens is 4. The number of fused-ring (bicyclic) bond motifs is 1. The normalized spacial score (nSPS) is 19.6. The summed E-state index contributed by atoms with van der Waals surface area (Å²) in [4.78, 5) is 7.15. The SMILES string of the molecule is Cc1nc2n(c1Br)CCN(CCn1cccn1)C2C. The molecule has 0 fully saturated rings. The molecule has 0 amide bonds. The van der Waals surface area contributed by atoms with Crippen LogP contribution >= 0.6 is 15.9 Å². The van der Waals surface area contributed by atoms with Crippen LogP contribution < -0.4 is 0 Å². The summed E-state index contributed by atoms with van der Waals surface area (Å²) in [6.45, 7) is 8.28. The van der Waals surface area contributed by atoms with Gasteiger partial charge in [0.05, 0.1) is 18.3 Å². The van der Waals surface area contributed by atoms with Crippen molar-refractivity contribution < 1.29 is 0 Å². The summed E-state index contributed by atoms with van der Waals surface area (Å²) in [5.74, 6) is 1.16. The van der Waals surface area contributed by atoms with E-state index >= 15 is 0 Å². The highest BCUT2D eigenvalue weighted by Gasteiger charge is 2.27. The van der Waals surface area contributed by atoms with E-state index in [0.29, 0.717) is 6.04 Å². The van der Waals surface area contributed by atoms with Gasteiger partial charge in [-0.3, -0.25) is 9.58 Å². The highest BCUT2D eigenvalue weighted by atomic mass is 79.9. The van der Waals surface area contributed by atoms with Crippen molar-refractivity contribution in [2.75, 3.05) is 13.1 Å². The van der Waals surface area contributed by atoms with Crippen molar-refractivity contribution in [2.24, 2.45) is 0 Å². The zero-order chi connectivity index (χ0) is 13.4. The van der Waals surface area contributed by atoms with Crippen LogP contribution in [-0.2, 0) is 13.1 Å². The molecule has 0 radical (unpaired) electrons. The van der Waals surface area contributed by atoms with Gasteiger partial charge >= 0.3 is 0 Å². The molecule has 2 aromatic heterocycles. The lowest BCUT2D eigenvalue weighted by molar-refractivity contribution is 0.156. The van der Waals surface area contributed by atoms with Crippen LogP contribution in [0.3, 0.4) is 0 Å². The number of hydrogen-bond donors (Lipinski definition) is 0. The topological polar surface area (TPSA) is 38.9 Å². The van der Waals surface area contributed by atoms with Gasteiger partial charge in [0.2, 0.25) is 0 Å². The van der Waals surface area contributed by atoms with E-state index in [1.54, 1.807) is 0 Å². The minimum atomic E-state index is 0.356. The number of hydrogen-bond acceptors (Lipinski definition) is 3. The summed E-state index contributed by atoms with van der Waals surface area (Å²) in [7, 11) is 0. The fourth-order valence-corrected chi connectivity index (χ4v) is 3.11. The van der Waals surface area contributed by atoms with E-state index in [1.165, 1.54) is 0 Å². The zero-order valence-electron chi connectivity index (χ0n) is 11.3. The molecule has 19 heavy (non-hydrogen) atoms. The molecule has 102 valence electrons. The molecule has 1 atom stereocenters. The van der Waals surface area contributed by atoms with Crippen LogP contribution in [-0.4, -0.2) is 37.3 Å². The molecular formula is C13H18BrN5. The quantitative estimate of drug-likeness (QED) is 0.869. The van der Waals surface area contributed by atoms with Crippen LogP contribution in [0.15, 0.2) is 23.1 Å². The van der Waals surface area contributed by atoms with Crippen molar-refractivity contribution in [1.82, 2.24) is 24.2 Å². The minimum absolute atomic E-state index is 0.356. The van der Waals surface area contributed by atoms with Gasteiger partial charge in [0.1, 0.15) is 10.4 Å². The van der Waals surface area contributed by atoms with Gasteiger partial charge in [-0.2, -0.15) is 5.10 Å². The molecule has 1 aliphatic rings. The summed E-state index contributed by atoms with van der Waals surface area (Å²) in [5.41, 5.74) is 1.08. The Hall–Kier alpha value is -1.14. The van der Waals surface area contributed by atoms with Crippen molar-refractivity contribution in [3.63, 3.8) is 0 Å². The zero-order valence-corrected chi connectivity index (χ0v) is 12.8. The Morgan fingerprint density at radius 2 is 2.21 bits per heavy atom. The molecule has 0 aromatic carbocycles. The van der Waals surface area contributed by atoms with E-state index in [1.807, 2.05) is 23.1 Å². The fourth-order valence-electron chi connectivity index (χ4n) is 2.66. The predicted molar refractivity (Wildman–Crippen MR) is 76.9 cm³/mol. The van der Waals surface area contributed by atoms with Crippen molar-refractivity contribution >= 4 is 15.9 Å². The second-order valence-electron chi connectivity index (χ2n) is 4.98. The van der Waals surface area contributed by atoms with Gasteiger partial charge < -0.3 is 4.57 Å². The van der Waals surface area contributed by atoms with Crippen molar-refractivity contribution in [2.45, 2.75) is 33.0 Å². The van der Waals surface area contributed by atoms with Crippen LogP contribution in [0.1, 0.15) is 24.5 Å². The first-order valence-corrected chi connectivity index (χ1v) is 7.40. The number of rotatable bonds is 3. The number of halogens is 1. The number of imidazole rings is 1. The summed E-state index contributed by atoms with van der Waals surface area (Å²) in [6, 6.07) is 2.32. The summed E-state index contributed by atoms with van der Waals surface area (Å²) < 4.78 is 5.39. The maximum atomic E-state index is 4.68. The summed E-state index contributed by atoms with van der Waals surface area (Å²) >= 11 is 3.62. The Balaban J connectivity index is 1.72. The molecule has 0 saturated carbocycles. The molecule has 1 unspecified atom stereocenters. The molecule has 6 heteroatoms. The second-order valence-corrected chi connectivity index (χ2v) is 5.73. The van der Waals surface area contributed by atoms with Gasteiger partial charge in [0.25, 0.3) is 0 Å². The minimum Gasteiger partial charge on any atom is -0.320 e. The molecule has 3 heterocycles. The lowest BCUT2D eigenvalue weighted by atomic mass is 10.2. The third-order valence-electron chi connectivity index (χ3n) is 3.80. The Labute approximate surface area is 121 Å². The average molecular weight is 324 g/mol. The van der Waals surface area contributed by atoms with Crippen LogP contribution in [0.4, 0.5) is 0 Å². The van der Waals surface area contributed by atoms with E-state index in [2.05, 4.69) is 49.3 Å². The summed E-state index contributed by atoms with van der Waals surface area (Å²) in [6.07, 6.45) is 3.84. The van der Waals surface area contributed by atoms with Gasteiger partial charge in [-0.1, -0.05) is 0 Å². The number of nitrogens with zero attached hydrogens (tertiary/aromatic N) is 5. The molecule has 1 aliphatic heterocycles. The first kappa shape index (κ1) is 12.9. The third kappa shape index (κ3) is 2.34. The summed E-state index contributed by atoms with van der Waals surface area (Å²) in [5, 5.41) is 4.25. The van der Waals surface area contributed by atoms with Crippen molar-refractivity contribution in [3.05, 3.63) is 34.6 Å². The van der Waals surface area contributed by atoms with Crippen molar-refractivity contribution in [1.29, 1.82) is 0 Å². The second kappa shape index (κ2) is 5.09. The maximum Gasteiger partial charge on any atom is 0.127 e. The lowest BCUT2D eigenvalue weighted by Crippen LogP contribution is -2.39. The van der Waals surface area contributed by atoms with Gasteiger partial charge in [0, 0.05) is 32.0 Å². The first-order valence-electron chi connectivity index (χ1n) is 6.61. The fraction of sp³-hybridized carbons (Fsp3) is 0.538. The monoisotopic (exact) mass is 323 g/mol. The Morgan fingerprint density at radius 3 is 2.95 bits per heavy atom.